The maximum Gasteiger partial charge on any atom is 0.317 e. The summed E-state index contributed by atoms with van der Waals surface area (Å²) in [6.07, 6.45) is 2.39. The zero-order valence-electron chi connectivity index (χ0n) is 8.48. The van der Waals surface area contributed by atoms with Crippen molar-refractivity contribution in [1.82, 2.24) is 4.90 Å². The van der Waals surface area contributed by atoms with Crippen molar-refractivity contribution in [1.29, 1.82) is 0 Å². The Kier molecular flexibility index (Phi) is 2.42. The topological polar surface area (TPSA) is 77.8 Å². The lowest BCUT2D eigenvalue weighted by Gasteiger charge is -2.43. The van der Waals surface area contributed by atoms with Crippen molar-refractivity contribution in [2.24, 2.45) is 11.3 Å². The molecule has 0 unspecified atom stereocenters. The molecule has 84 valence electrons. The van der Waals surface area contributed by atoms with E-state index in [1.54, 1.807) is 0 Å². The van der Waals surface area contributed by atoms with Crippen LogP contribution < -0.4 is 0 Å². The molecule has 0 atom stereocenters. The first-order valence-corrected chi connectivity index (χ1v) is 5.18. The van der Waals surface area contributed by atoms with Crippen LogP contribution in [0.15, 0.2) is 0 Å². The molecule has 0 amide bonds. The molecule has 1 spiro atoms. The van der Waals surface area contributed by atoms with Crippen LogP contribution in [0, 0.1) is 11.3 Å². The minimum atomic E-state index is -0.804. The van der Waals surface area contributed by atoms with Crippen molar-refractivity contribution in [2.75, 3.05) is 19.6 Å². The smallest absolute Gasteiger partial charge is 0.317 e. The Balaban J connectivity index is 1.84. The number of nitrogens with zero attached hydrogens (tertiary/aromatic N) is 1. The van der Waals surface area contributed by atoms with E-state index >= 15 is 0 Å². The molecule has 0 bridgehead atoms. The number of carbonyl (C=O) groups is 2. The van der Waals surface area contributed by atoms with E-state index in [9.17, 15) is 9.59 Å². The van der Waals surface area contributed by atoms with Crippen LogP contribution in [0.25, 0.3) is 0 Å². The molecule has 1 aliphatic carbocycles. The monoisotopic (exact) mass is 213 g/mol. The predicted molar refractivity (Wildman–Crippen MR) is 51.5 cm³/mol. The van der Waals surface area contributed by atoms with Gasteiger partial charge in [-0.15, -0.1) is 0 Å². The van der Waals surface area contributed by atoms with Gasteiger partial charge in [-0.3, -0.25) is 14.5 Å². The molecule has 2 fully saturated rings. The number of carboxylic acids is 2. The molecule has 0 aromatic heterocycles. The minimum absolute atomic E-state index is 0.0828. The summed E-state index contributed by atoms with van der Waals surface area (Å²) < 4.78 is 0. The van der Waals surface area contributed by atoms with Crippen molar-refractivity contribution in [3.05, 3.63) is 0 Å². The third kappa shape index (κ3) is 1.97. The lowest BCUT2D eigenvalue weighted by molar-refractivity contribution is -0.150. The summed E-state index contributed by atoms with van der Waals surface area (Å²) in [6, 6.07) is 0. The summed E-state index contributed by atoms with van der Waals surface area (Å²) in [5.41, 5.74) is 0.110. The Morgan fingerprint density at radius 2 is 2.00 bits per heavy atom. The first kappa shape index (κ1) is 10.4. The zero-order valence-corrected chi connectivity index (χ0v) is 8.48. The molecule has 5 nitrogen and oxygen atoms in total. The summed E-state index contributed by atoms with van der Waals surface area (Å²) in [5.74, 6) is -1.71. The standard InChI is InChI=1S/C10H15NO4/c12-8(13)5-11-2-1-10(6-11)3-7(4-10)9(14)15/h7H,1-6H2,(H,12,13)(H,14,15). The van der Waals surface area contributed by atoms with Crippen LogP contribution in [0.1, 0.15) is 19.3 Å². The highest BCUT2D eigenvalue weighted by atomic mass is 16.4. The molecule has 0 aromatic rings. The number of carboxylic acid groups (broad SMARTS) is 2. The third-order valence-corrected chi connectivity index (χ3v) is 3.58. The molecule has 1 heterocycles. The van der Waals surface area contributed by atoms with Crippen molar-refractivity contribution < 1.29 is 19.8 Å². The van der Waals surface area contributed by atoms with Gasteiger partial charge in [0.2, 0.25) is 0 Å². The van der Waals surface area contributed by atoms with Gasteiger partial charge in [-0.05, 0) is 31.2 Å². The molecule has 5 heteroatoms. The van der Waals surface area contributed by atoms with E-state index in [-0.39, 0.29) is 17.9 Å². The summed E-state index contributed by atoms with van der Waals surface area (Å²) in [6.45, 7) is 1.63. The number of hydrogen-bond acceptors (Lipinski definition) is 3. The second-order valence-electron chi connectivity index (χ2n) is 4.80. The third-order valence-electron chi connectivity index (χ3n) is 3.58. The maximum absolute atomic E-state index is 10.7. The maximum atomic E-state index is 10.7. The van der Waals surface area contributed by atoms with Gasteiger partial charge in [-0.1, -0.05) is 0 Å². The molecule has 0 aromatic carbocycles. The van der Waals surface area contributed by atoms with Crippen LogP contribution in [0.2, 0.25) is 0 Å². The highest BCUT2D eigenvalue weighted by Gasteiger charge is 2.50. The SMILES string of the molecule is O=C(O)CN1CCC2(CC(C(=O)O)C2)C1. The van der Waals surface area contributed by atoms with Gasteiger partial charge in [0.1, 0.15) is 0 Å². The molecule has 2 N–H and O–H groups in total. The molecule has 2 aliphatic rings. The van der Waals surface area contributed by atoms with Crippen LogP contribution in [0.4, 0.5) is 0 Å². The fourth-order valence-electron chi connectivity index (χ4n) is 2.85. The van der Waals surface area contributed by atoms with E-state index in [4.69, 9.17) is 10.2 Å². The highest BCUT2D eigenvalue weighted by molar-refractivity contribution is 5.71. The first-order valence-electron chi connectivity index (χ1n) is 5.18. The van der Waals surface area contributed by atoms with Gasteiger partial charge in [0, 0.05) is 6.54 Å². The van der Waals surface area contributed by atoms with Gasteiger partial charge in [0.05, 0.1) is 12.5 Å². The molecular weight excluding hydrogens is 198 g/mol. The minimum Gasteiger partial charge on any atom is -0.481 e. The van der Waals surface area contributed by atoms with E-state index in [1.165, 1.54) is 0 Å². The van der Waals surface area contributed by atoms with Crippen LogP contribution in [-0.2, 0) is 9.59 Å². The van der Waals surface area contributed by atoms with Gasteiger partial charge < -0.3 is 10.2 Å². The highest BCUT2D eigenvalue weighted by Crippen LogP contribution is 2.51. The lowest BCUT2D eigenvalue weighted by atomic mass is 9.61. The summed E-state index contributed by atoms with van der Waals surface area (Å²) in [5, 5.41) is 17.4. The van der Waals surface area contributed by atoms with Gasteiger partial charge in [-0.2, -0.15) is 0 Å². The van der Waals surface area contributed by atoms with Gasteiger partial charge in [0.25, 0.3) is 0 Å². The fourth-order valence-corrected chi connectivity index (χ4v) is 2.85. The van der Waals surface area contributed by atoms with Crippen LogP contribution in [-0.4, -0.2) is 46.7 Å². The quantitative estimate of drug-likeness (QED) is 0.703. The molecule has 1 aliphatic heterocycles. The average Bonchev–Trinajstić information content (AvgIpc) is 2.44. The summed E-state index contributed by atoms with van der Waals surface area (Å²) >= 11 is 0. The van der Waals surface area contributed by atoms with Gasteiger partial charge in [-0.25, -0.2) is 0 Å². The van der Waals surface area contributed by atoms with Crippen molar-refractivity contribution in [3.63, 3.8) is 0 Å². The Hall–Kier alpha value is -1.10. The fraction of sp³-hybridized carbons (Fsp3) is 0.800. The first-order chi connectivity index (χ1) is 7.01. The second kappa shape index (κ2) is 3.48. The number of rotatable bonds is 3. The Labute approximate surface area is 87.7 Å². The van der Waals surface area contributed by atoms with Gasteiger partial charge in [0.15, 0.2) is 0 Å². The number of aliphatic carboxylic acids is 2. The van der Waals surface area contributed by atoms with E-state index in [0.29, 0.717) is 0 Å². The van der Waals surface area contributed by atoms with E-state index in [0.717, 1.165) is 32.4 Å². The predicted octanol–water partition coefficient (Wildman–Crippen LogP) is 0.258. The summed E-state index contributed by atoms with van der Waals surface area (Å²) in [7, 11) is 0. The summed E-state index contributed by atoms with van der Waals surface area (Å²) in [4.78, 5) is 23.1. The molecule has 0 radical (unpaired) electrons. The van der Waals surface area contributed by atoms with Crippen LogP contribution >= 0.6 is 0 Å². The Morgan fingerprint density at radius 3 is 2.53 bits per heavy atom. The molecule has 1 saturated carbocycles. The number of likely N-dealkylation sites (tertiary alicyclic amines) is 1. The second-order valence-corrected chi connectivity index (χ2v) is 4.80. The Morgan fingerprint density at radius 1 is 1.33 bits per heavy atom. The van der Waals surface area contributed by atoms with Crippen LogP contribution in [0.5, 0.6) is 0 Å². The average molecular weight is 213 g/mol. The van der Waals surface area contributed by atoms with Crippen molar-refractivity contribution in [3.8, 4) is 0 Å². The van der Waals surface area contributed by atoms with Gasteiger partial charge >= 0.3 is 11.9 Å². The van der Waals surface area contributed by atoms with Crippen LogP contribution in [0.3, 0.4) is 0 Å². The molecular formula is C10H15NO4. The van der Waals surface area contributed by atoms with E-state index in [2.05, 4.69) is 0 Å². The zero-order chi connectivity index (χ0) is 11.1. The van der Waals surface area contributed by atoms with E-state index in [1.807, 2.05) is 4.90 Å². The lowest BCUT2D eigenvalue weighted by Crippen LogP contribution is -2.43. The Bertz CT molecular complexity index is 296. The number of hydrogen-bond donors (Lipinski definition) is 2. The molecule has 2 rings (SSSR count). The van der Waals surface area contributed by atoms with E-state index < -0.39 is 11.9 Å². The normalized spacial score (nSPS) is 35.3. The van der Waals surface area contributed by atoms with Crippen molar-refractivity contribution >= 4 is 11.9 Å². The molecule has 15 heavy (non-hydrogen) atoms. The molecule has 1 saturated heterocycles. The van der Waals surface area contributed by atoms with Crippen molar-refractivity contribution in [2.45, 2.75) is 19.3 Å². The largest absolute Gasteiger partial charge is 0.481 e.